The number of rotatable bonds is 5. The topological polar surface area (TPSA) is 132 Å². The average Bonchev–Trinajstić information content (AvgIpc) is 2.93. The Kier molecular flexibility index (Phi) is 4.41. The van der Waals surface area contributed by atoms with Crippen LogP contribution in [-0.2, 0) is 16.8 Å². The van der Waals surface area contributed by atoms with Crippen molar-refractivity contribution in [1.29, 1.82) is 5.26 Å². The molecule has 2 aromatic rings. The molecular formula is C12H9N3O5S2. The second-order valence-electron chi connectivity index (χ2n) is 4.06. The number of carboxylic acid groups (broad SMARTS) is 1. The van der Waals surface area contributed by atoms with Crippen molar-refractivity contribution < 1.29 is 22.9 Å². The van der Waals surface area contributed by atoms with Crippen LogP contribution in [0.25, 0.3) is 0 Å². The van der Waals surface area contributed by atoms with Gasteiger partial charge in [-0.2, -0.15) is 13.7 Å². The van der Waals surface area contributed by atoms with Gasteiger partial charge in [-0.1, -0.05) is 18.2 Å². The van der Waals surface area contributed by atoms with Gasteiger partial charge in [0.1, 0.15) is 5.00 Å². The van der Waals surface area contributed by atoms with Gasteiger partial charge >= 0.3 is 16.3 Å². The van der Waals surface area contributed by atoms with Crippen molar-refractivity contribution in [3.63, 3.8) is 0 Å². The Hall–Kier alpha value is -2.48. The molecule has 0 aliphatic carbocycles. The monoisotopic (exact) mass is 339 g/mol. The van der Waals surface area contributed by atoms with Gasteiger partial charge in [0.05, 0.1) is 23.7 Å². The minimum atomic E-state index is -4.74. The van der Waals surface area contributed by atoms with Crippen LogP contribution in [0, 0.1) is 11.3 Å². The lowest BCUT2D eigenvalue weighted by Gasteiger charge is -2.19. The normalized spacial score (nSPS) is 10.9. The zero-order valence-electron chi connectivity index (χ0n) is 10.9. The smallest absolute Gasteiger partial charge is 0.360 e. The summed E-state index contributed by atoms with van der Waals surface area (Å²) in [6, 6.07) is 8.11. The van der Waals surface area contributed by atoms with E-state index >= 15 is 0 Å². The first-order valence-corrected chi connectivity index (χ1v) is 8.02. The fourth-order valence-electron chi connectivity index (χ4n) is 1.74. The SMILES string of the molecule is N#Cc1ccccc1CN(c1scnc1C(=O)O)S(=O)(=O)O. The molecule has 1 heterocycles. The lowest BCUT2D eigenvalue weighted by molar-refractivity contribution is 0.0692. The number of benzene rings is 1. The summed E-state index contributed by atoms with van der Waals surface area (Å²) in [4.78, 5) is 14.6. The largest absolute Gasteiger partial charge is 0.476 e. The second kappa shape index (κ2) is 6.10. The highest BCUT2D eigenvalue weighted by Crippen LogP contribution is 2.29. The molecule has 2 rings (SSSR count). The summed E-state index contributed by atoms with van der Waals surface area (Å²) in [5, 5.41) is 17.8. The van der Waals surface area contributed by atoms with E-state index in [1.165, 1.54) is 12.1 Å². The van der Waals surface area contributed by atoms with Gasteiger partial charge in [0.25, 0.3) is 0 Å². The molecule has 0 amide bonds. The summed E-state index contributed by atoms with van der Waals surface area (Å²) < 4.78 is 33.1. The molecule has 0 aliphatic heterocycles. The predicted octanol–water partition coefficient (Wildman–Crippen LogP) is 1.52. The molecule has 0 saturated carbocycles. The average molecular weight is 339 g/mol. The molecule has 22 heavy (non-hydrogen) atoms. The second-order valence-corrected chi connectivity index (χ2v) is 6.23. The van der Waals surface area contributed by atoms with E-state index < -0.39 is 22.0 Å². The predicted molar refractivity (Wildman–Crippen MR) is 78.0 cm³/mol. The molecule has 0 radical (unpaired) electrons. The van der Waals surface area contributed by atoms with Crippen molar-refractivity contribution in [1.82, 2.24) is 4.98 Å². The maximum absolute atomic E-state index is 11.6. The van der Waals surface area contributed by atoms with Crippen molar-refractivity contribution in [3.8, 4) is 6.07 Å². The van der Waals surface area contributed by atoms with E-state index in [0.717, 1.165) is 16.8 Å². The first-order valence-electron chi connectivity index (χ1n) is 5.74. The third-order valence-electron chi connectivity index (χ3n) is 2.71. The Labute approximate surface area is 129 Å². The van der Waals surface area contributed by atoms with E-state index in [1.807, 2.05) is 6.07 Å². The van der Waals surface area contributed by atoms with Crippen LogP contribution in [0.4, 0.5) is 5.00 Å². The summed E-state index contributed by atoms with van der Waals surface area (Å²) in [5.41, 5.74) is 1.22. The Morgan fingerprint density at radius 1 is 1.41 bits per heavy atom. The molecule has 10 heteroatoms. The quantitative estimate of drug-likeness (QED) is 0.789. The fraction of sp³-hybridized carbons (Fsp3) is 0.0833. The number of aromatic carboxylic acids is 1. The highest BCUT2D eigenvalue weighted by Gasteiger charge is 2.28. The van der Waals surface area contributed by atoms with Crippen LogP contribution in [0.5, 0.6) is 0 Å². The Morgan fingerprint density at radius 2 is 2.09 bits per heavy atom. The molecule has 114 valence electrons. The number of thiazole rings is 1. The number of aromatic nitrogens is 1. The van der Waals surface area contributed by atoms with Crippen LogP contribution in [-0.4, -0.2) is 29.0 Å². The Morgan fingerprint density at radius 3 is 2.68 bits per heavy atom. The third kappa shape index (κ3) is 3.22. The van der Waals surface area contributed by atoms with Crippen LogP contribution < -0.4 is 4.31 Å². The third-order valence-corrected chi connectivity index (χ3v) is 4.54. The summed E-state index contributed by atoms with van der Waals surface area (Å²) in [6.45, 7) is -0.384. The van der Waals surface area contributed by atoms with Gasteiger partial charge in [0, 0.05) is 0 Å². The van der Waals surface area contributed by atoms with Crippen LogP contribution in [0.2, 0.25) is 0 Å². The minimum Gasteiger partial charge on any atom is -0.476 e. The van der Waals surface area contributed by atoms with Crippen molar-refractivity contribution in [3.05, 3.63) is 46.6 Å². The maximum Gasteiger partial charge on any atom is 0.360 e. The molecule has 8 nitrogen and oxygen atoms in total. The molecule has 0 bridgehead atoms. The van der Waals surface area contributed by atoms with E-state index in [0.29, 0.717) is 9.87 Å². The highest BCUT2D eigenvalue weighted by molar-refractivity contribution is 7.87. The van der Waals surface area contributed by atoms with Crippen molar-refractivity contribution in [2.24, 2.45) is 0 Å². The van der Waals surface area contributed by atoms with Crippen molar-refractivity contribution in [2.45, 2.75) is 6.54 Å². The van der Waals surface area contributed by atoms with Crippen molar-refractivity contribution >= 4 is 32.6 Å². The summed E-state index contributed by atoms with van der Waals surface area (Å²) >= 11 is 0.757. The fourth-order valence-corrected chi connectivity index (χ4v) is 3.45. The zero-order chi connectivity index (χ0) is 16.3. The van der Waals surface area contributed by atoms with Gasteiger partial charge in [-0.25, -0.2) is 14.1 Å². The Bertz CT molecular complexity index is 854. The first kappa shape index (κ1) is 15.9. The number of hydrogen-bond donors (Lipinski definition) is 2. The number of nitrogens with zero attached hydrogens (tertiary/aromatic N) is 3. The van der Waals surface area contributed by atoms with Crippen molar-refractivity contribution in [2.75, 3.05) is 4.31 Å². The summed E-state index contributed by atoms with van der Waals surface area (Å²) in [6.07, 6.45) is 0. The zero-order valence-corrected chi connectivity index (χ0v) is 12.5. The maximum atomic E-state index is 11.6. The van der Waals surface area contributed by atoms with Gasteiger partial charge in [0.2, 0.25) is 0 Å². The van der Waals surface area contributed by atoms with E-state index in [9.17, 15) is 17.8 Å². The van der Waals surface area contributed by atoms with E-state index in [4.69, 9.17) is 10.4 Å². The van der Waals surface area contributed by atoms with E-state index in [1.54, 1.807) is 12.1 Å². The van der Waals surface area contributed by atoms with Gasteiger partial charge in [-0.15, -0.1) is 11.3 Å². The van der Waals surface area contributed by atoms with Gasteiger partial charge in [-0.05, 0) is 11.6 Å². The molecule has 0 fully saturated rings. The van der Waals surface area contributed by atoms with Crippen LogP contribution >= 0.6 is 11.3 Å². The Balaban J connectivity index is 2.52. The number of nitriles is 1. The number of carbonyl (C=O) groups is 1. The molecule has 0 atom stereocenters. The lowest BCUT2D eigenvalue weighted by atomic mass is 10.1. The molecule has 0 spiro atoms. The first-order chi connectivity index (χ1) is 10.3. The van der Waals surface area contributed by atoms with Gasteiger partial charge in [-0.3, -0.25) is 4.55 Å². The molecule has 0 saturated heterocycles. The van der Waals surface area contributed by atoms with Crippen LogP contribution in [0.3, 0.4) is 0 Å². The molecule has 2 N–H and O–H groups in total. The minimum absolute atomic E-state index is 0.220. The molecule has 0 unspecified atom stereocenters. The highest BCUT2D eigenvalue weighted by atomic mass is 32.2. The molecule has 0 aliphatic rings. The van der Waals surface area contributed by atoms with Gasteiger partial charge in [0.15, 0.2) is 5.69 Å². The van der Waals surface area contributed by atoms with E-state index in [-0.39, 0.29) is 17.1 Å². The molecular weight excluding hydrogens is 330 g/mol. The van der Waals surface area contributed by atoms with Gasteiger partial charge < -0.3 is 5.11 Å². The lowest BCUT2D eigenvalue weighted by Crippen LogP contribution is -2.30. The molecule has 1 aromatic carbocycles. The standard InChI is InChI=1S/C12H9N3O5S2/c13-5-8-3-1-2-4-9(8)6-15(22(18,19)20)11-10(12(16)17)14-7-21-11/h1-4,7H,6H2,(H,16,17)(H,18,19,20). The van der Waals surface area contributed by atoms with Crippen LogP contribution in [0.15, 0.2) is 29.8 Å². The van der Waals surface area contributed by atoms with Crippen LogP contribution in [0.1, 0.15) is 21.6 Å². The molecule has 1 aromatic heterocycles. The summed E-state index contributed by atoms with van der Waals surface area (Å²) in [7, 11) is -4.74. The number of anilines is 1. The summed E-state index contributed by atoms with van der Waals surface area (Å²) in [5.74, 6) is -1.42. The van der Waals surface area contributed by atoms with E-state index in [2.05, 4.69) is 4.98 Å². The number of carboxylic acids is 1. The number of hydrogen-bond acceptors (Lipinski definition) is 6.